The van der Waals surface area contributed by atoms with E-state index >= 15 is 0 Å². The third-order valence-electron chi connectivity index (χ3n) is 5.31. The van der Waals surface area contributed by atoms with Gasteiger partial charge in [-0.3, -0.25) is 4.79 Å². The molecule has 0 radical (unpaired) electrons. The summed E-state index contributed by atoms with van der Waals surface area (Å²) in [7, 11) is -1.76. The molecule has 5 nitrogen and oxygen atoms in total. The second-order valence-electron chi connectivity index (χ2n) is 6.36. The fourth-order valence-corrected chi connectivity index (χ4v) is 4.38. The topological polar surface area (TPSA) is 87.0 Å². The van der Waals surface area contributed by atoms with Gasteiger partial charge >= 0.3 is 13.3 Å². The molecule has 0 saturated heterocycles. The smallest absolute Gasteiger partial charge is 0.481 e. The van der Waals surface area contributed by atoms with Crippen LogP contribution in [0.5, 0.6) is 0 Å². The van der Waals surface area contributed by atoms with Gasteiger partial charge in [0, 0.05) is 6.42 Å². The third kappa shape index (κ3) is 1.78. The maximum absolute atomic E-state index is 10.9. The van der Waals surface area contributed by atoms with Crippen LogP contribution in [0.4, 0.5) is 0 Å². The average molecular weight is 256 g/mol. The zero-order valence-electron chi connectivity index (χ0n) is 11.1. The van der Waals surface area contributed by atoms with Gasteiger partial charge in [0.15, 0.2) is 0 Å². The zero-order valence-corrected chi connectivity index (χ0v) is 11.1. The molecule has 3 N–H and O–H groups in total. The lowest BCUT2D eigenvalue weighted by Gasteiger charge is -2.70. The summed E-state index contributed by atoms with van der Waals surface area (Å²) in [5, 5.41) is 27.1. The lowest BCUT2D eigenvalue weighted by molar-refractivity contribution is -0.268. The number of carboxylic acid groups (broad SMARTS) is 1. The Kier molecular flexibility index (Phi) is 3.24. The Bertz CT molecular complexity index is 356. The van der Waals surface area contributed by atoms with Crippen LogP contribution in [0.3, 0.4) is 0 Å². The largest absolute Gasteiger partial charge is 0.634 e. The van der Waals surface area contributed by atoms with Crippen LogP contribution in [-0.2, 0) is 9.45 Å². The van der Waals surface area contributed by atoms with Crippen molar-refractivity contribution in [1.29, 1.82) is 0 Å². The maximum Gasteiger partial charge on any atom is 0.634 e. The summed E-state index contributed by atoms with van der Waals surface area (Å²) >= 11 is 0. The molecule has 3 saturated carbocycles. The normalized spacial score (nSPS) is 41.1. The molecular formula is C12H21BO5. The average Bonchev–Trinajstić information content (AvgIpc) is 2.19. The van der Waals surface area contributed by atoms with Crippen molar-refractivity contribution in [2.75, 3.05) is 0 Å². The van der Waals surface area contributed by atoms with E-state index in [0.29, 0.717) is 0 Å². The summed E-state index contributed by atoms with van der Waals surface area (Å²) in [5.74, 6) is -0.188. The minimum atomic E-state index is -1.76. The predicted octanol–water partition coefficient (Wildman–Crippen LogP) is 0.888. The van der Waals surface area contributed by atoms with Gasteiger partial charge in [0.2, 0.25) is 0 Å². The second-order valence-corrected chi connectivity index (χ2v) is 6.36. The van der Waals surface area contributed by atoms with Gasteiger partial charge in [0.25, 0.3) is 0 Å². The van der Waals surface area contributed by atoms with Gasteiger partial charge < -0.3 is 19.8 Å². The molecule has 6 heteroatoms. The van der Waals surface area contributed by atoms with Gasteiger partial charge in [-0.15, -0.1) is 0 Å². The molecule has 3 aliphatic carbocycles. The molecule has 3 rings (SSSR count). The van der Waals surface area contributed by atoms with E-state index in [1.165, 1.54) is 0 Å². The first-order valence-electron chi connectivity index (χ1n) is 6.46. The second kappa shape index (κ2) is 4.22. The van der Waals surface area contributed by atoms with Crippen LogP contribution < -0.4 is 0 Å². The van der Waals surface area contributed by atoms with Crippen LogP contribution in [-0.4, -0.2) is 34.0 Å². The fourth-order valence-electron chi connectivity index (χ4n) is 4.38. The summed E-state index contributed by atoms with van der Waals surface area (Å²) in [6.45, 7) is 6.08. The number of hydrogen-bond donors (Lipinski definition) is 3. The van der Waals surface area contributed by atoms with E-state index in [4.69, 9.17) is 19.8 Å². The van der Waals surface area contributed by atoms with Gasteiger partial charge in [0.05, 0.1) is 5.60 Å². The first-order valence-corrected chi connectivity index (χ1v) is 6.46. The van der Waals surface area contributed by atoms with Crippen LogP contribution >= 0.6 is 0 Å². The maximum atomic E-state index is 10.9. The monoisotopic (exact) mass is 256 g/mol. The third-order valence-corrected chi connectivity index (χ3v) is 5.31. The minimum absolute atomic E-state index is 0.128. The van der Waals surface area contributed by atoms with E-state index in [-0.39, 0.29) is 29.6 Å². The molecule has 18 heavy (non-hydrogen) atoms. The molecule has 3 aliphatic rings. The van der Waals surface area contributed by atoms with Gasteiger partial charge in [0.1, 0.15) is 0 Å². The number of carbonyl (C=O) groups is 1. The highest BCUT2D eigenvalue weighted by atomic mass is 16.6. The lowest BCUT2D eigenvalue weighted by atomic mass is 9.39. The van der Waals surface area contributed by atoms with Crippen LogP contribution in [0.1, 0.15) is 40.0 Å². The Morgan fingerprint density at radius 2 is 2.06 bits per heavy atom. The van der Waals surface area contributed by atoms with Crippen molar-refractivity contribution in [2.45, 2.75) is 45.6 Å². The molecule has 102 valence electrons. The highest BCUT2D eigenvalue weighted by Crippen LogP contribution is 2.68. The Morgan fingerprint density at radius 3 is 2.44 bits per heavy atom. The van der Waals surface area contributed by atoms with E-state index < -0.39 is 18.9 Å². The summed E-state index contributed by atoms with van der Waals surface area (Å²) in [6, 6.07) is 0. The molecule has 0 aliphatic heterocycles. The first kappa shape index (κ1) is 13.8. The van der Waals surface area contributed by atoms with E-state index in [0.717, 1.165) is 12.8 Å². The van der Waals surface area contributed by atoms with Crippen LogP contribution in [0, 0.1) is 23.2 Å². The predicted molar refractivity (Wildman–Crippen MR) is 65.4 cm³/mol. The molecule has 0 aromatic heterocycles. The van der Waals surface area contributed by atoms with Crippen molar-refractivity contribution in [3.63, 3.8) is 0 Å². The molecule has 3 fully saturated rings. The van der Waals surface area contributed by atoms with Crippen LogP contribution in [0.25, 0.3) is 0 Å². The summed E-state index contributed by atoms with van der Waals surface area (Å²) in [5.41, 5.74) is -0.741. The van der Waals surface area contributed by atoms with Gasteiger partial charge in [-0.1, -0.05) is 20.8 Å². The van der Waals surface area contributed by atoms with Crippen molar-refractivity contribution in [1.82, 2.24) is 0 Å². The Morgan fingerprint density at radius 1 is 1.44 bits per heavy atom. The van der Waals surface area contributed by atoms with Crippen molar-refractivity contribution in [3.05, 3.63) is 0 Å². The Balaban J connectivity index is 2.19. The first-order chi connectivity index (χ1) is 8.20. The van der Waals surface area contributed by atoms with Crippen molar-refractivity contribution in [3.8, 4) is 0 Å². The molecular weight excluding hydrogens is 235 g/mol. The SMILES string of the molecule is CC1CC(CC(=O)O)C2CC1(OB(O)O)C2(C)C. The quantitative estimate of drug-likeness (QED) is 0.650. The molecule has 2 bridgehead atoms. The van der Waals surface area contributed by atoms with Crippen molar-refractivity contribution in [2.24, 2.45) is 23.2 Å². The van der Waals surface area contributed by atoms with Crippen molar-refractivity contribution >= 4 is 13.3 Å². The van der Waals surface area contributed by atoms with Gasteiger partial charge in [-0.05, 0) is 36.0 Å². The fraction of sp³-hybridized carbons (Fsp3) is 0.917. The minimum Gasteiger partial charge on any atom is -0.481 e. The number of carboxylic acids is 1. The molecule has 0 amide bonds. The van der Waals surface area contributed by atoms with E-state index in [1.54, 1.807) is 0 Å². The number of aliphatic carboxylic acids is 1. The Labute approximate surface area is 107 Å². The molecule has 0 aromatic carbocycles. The number of rotatable bonds is 4. The van der Waals surface area contributed by atoms with Gasteiger partial charge in [-0.2, -0.15) is 0 Å². The standard InChI is InChI=1S/C12H21BO5/c1-7-4-8(5-10(14)15)9-6-12(7,11(9,2)3)18-13(16)17/h7-9,16-17H,4-6H2,1-3H3,(H,14,15). The summed E-state index contributed by atoms with van der Waals surface area (Å²) in [4.78, 5) is 10.9. The molecule has 4 atom stereocenters. The van der Waals surface area contributed by atoms with E-state index in [1.807, 2.05) is 20.8 Å². The number of hydrogen-bond acceptors (Lipinski definition) is 4. The zero-order chi connectivity index (χ0) is 13.7. The Hall–Kier alpha value is -0.585. The molecule has 4 unspecified atom stereocenters. The molecule has 0 spiro atoms. The number of fused-ring (bicyclic) bond motifs is 2. The molecule has 0 heterocycles. The van der Waals surface area contributed by atoms with Gasteiger partial charge in [-0.25, -0.2) is 0 Å². The summed E-state index contributed by atoms with van der Waals surface area (Å²) < 4.78 is 5.39. The van der Waals surface area contributed by atoms with Crippen LogP contribution in [0.2, 0.25) is 0 Å². The summed E-state index contributed by atoms with van der Waals surface area (Å²) in [6.07, 6.45) is 1.68. The van der Waals surface area contributed by atoms with Crippen LogP contribution in [0.15, 0.2) is 0 Å². The lowest BCUT2D eigenvalue weighted by Crippen LogP contribution is -2.72. The van der Waals surface area contributed by atoms with Crippen molar-refractivity contribution < 1.29 is 24.6 Å². The highest BCUT2D eigenvalue weighted by molar-refractivity contribution is 6.32. The van der Waals surface area contributed by atoms with E-state index in [2.05, 4.69) is 0 Å². The van der Waals surface area contributed by atoms with E-state index in [9.17, 15) is 4.79 Å². The molecule has 0 aromatic rings. The highest BCUT2D eigenvalue weighted by Gasteiger charge is 2.69.